The number of aliphatic carboxylic acids is 2. The molecule has 2 aromatic carbocycles. The van der Waals surface area contributed by atoms with Gasteiger partial charge >= 0.3 is 17.9 Å². The number of amides is 1. The Hall–Kier alpha value is -4.61. The van der Waals surface area contributed by atoms with Gasteiger partial charge in [-0.2, -0.15) is 0 Å². The van der Waals surface area contributed by atoms with E-state index in [1.807, 2.05) is 0 Å². The number of nitrogens with two attached hydrogens (primary N) is 1. The molecule has 6 N–H and O–H groups in total. The van der Waals surface area contributed by atoms with Gasteiger partial charge in [-0.1, -0.05) is 12.1 Å². The molecule has 1 heterocycles. The van der Waals surface area contributed by atoms with Crippen LogP contribution in [0.1, 0.15) is 40.7 Å². The van der Waals surface area contributed by atoms with Crippen molar-refractivity contribution in [2.24, 2.45) is 5.73 Å². The summed E-state index contributed by atoms with van der Waals surface area (Å²) in [5.74, 6) is -3.62. The number of hydrogen-bond acceptors (Lipinski definition) is 7. The van der Waals surface area contributed by atoms with Gasteiger partial charge in [-0.05, 0) is 54.7 Å². The molecule has 2 aromatic rings. The summed E-state index contributed by atoms with van der Waals surface area (Å²) in [6.45, 7) is 0.291. The van der Waals surface area contributed by atoms with Crippen LogP contribution in [0.5, 0.6) is 11.5 Å². The highest BCUT2D eigenvalue weighted by Crippen LogP contribution is 2.34. The lowest BCUT2D eigenvalue weighted by molar-refractivity contribution is -0.153. The highest BCUT2D eigenvalue weighted by Gasteiger charge is 2.29. The van der Waals surface area contributed by atoms with Crippen molar-refractivity contribution in [3.8, 4) is 11.5 Å². The summed E-state index contributed by atoms with van der Waals surface area (Å²) < 4.78 is 11.6. The van der Waals surface area contributed by atoms with Crippen LogP contribution in [0.25, 0.3) is 0 Å². The lowest BCUT2D eigenvalue weighted by Gasteiger charge is -2.24. The van der Waals surface area contributed by atoms with Gasteiger partial charge in [0, 0.05) is 19.2 Å². The second kappa shape index (κ2) is 11.9. The average molecular weight is 513 g/mol. The summed E-state index contributed by atoms with van der Waals surface area (Å²) >= 11 is 0. The average Bonchev–Trinajstić information content (AvgIpc) is 2.83. The fourth-order valence-electron chi connectivity index (χ4n) is 3.97. The second-order valence-electron chi connectivity index (χ2n) is 8.45. The Morgan fingerprint density at radius 3 is 2.65 bits per heavy atom. The maximum atomic E-state index is 13.0. The van der Waals surface area contributed by atoms with Crippen molar-refractivity contribution in [3.05, 3.63) is 53.1 Å². The predicted molar refractivity (Wildman–Crippen MR) is 132 cm³/mol. The van der Waals surface area contributed by atoms with E-state index in [2.05, 4.69) is 5.32 Å². The van der Waals surface area contributed by atoms with Crippen LogP contribution in [0.15, 0.2) is 36.4 Å². The van der Waals surface area contributed by atoms with E-state index in [4.69, 9.17) is 25.7 Å². The Bertz CT molecular complexity index is 1230. The first-order valence-corrected chi connectivity index (χ1v) is 11.5. The van der Waals surface area contributed by atoms with Crippen LogP contribution in [0, 0.1) is 5.41 Å². The summed E-state index contributed by atoms with van der Waals surface area (Å²) in [6, 6.07) is 8.40. The Kier molecular flexibility index (Phi) is 8.67. The number of aryl methyl sites for hydroxylation is 2. The first kappa shape index (κ1) is 27.0. The number of likely N-dealkylation sites (N-methyl/N-ethyl adjacent to an activating group) is 1. The predicted octanol–water partition coefficient (Wildman–Crippen LogP) is 1.86. The molecule has 0 aliphatic carbocycles. The molecule has 12 heteroatoms. The number of ether oxygens (including phenoxy) is 2. The van der Waals surface area contributed by atoms with Crippen LogP contribution in [-0.4, -0.2) is 64.6 Å². The van der Waals surface area contributed by atoms with Crippen molar-refractivity contribution in [3.63, 3.8) is 0 Å². The number of guanidine groups is 1. The number of anilines is 1. The Balaban J connectivity index is 1.79. The Labute approximate surface area is 212 Å². The van der Waals surface area contributed by atoms with E-state index < -0.39 is 36.3 Å². The van der Waals surface area contributed by atoms with E-state index in [0.29, 0.717) is 47.6 Å². The molecule has 3 rings (SSSR count). The quantitative estimate of drug-likeness (QED) is 0.151. The van der Waals surface area contributed by atoms with Crippen molar-refractivity contribution in [2.45, 2.75) is 38.1 Å². The maximum absolute atomic E-state index is 13.0. The highest BCUT2D eigenvalue weighted by atomic mass is 16.6. The van der Waals surface area contributed by atoms with Crippen molar-refractivity contribution in [1.29, 1.82) is 5.41 Å². The first-order chi connectivity index (χ1) is 17.6. The van der Waals surface area contributed by atoms with E-state index >= 15 is 0 Å². The molecule has 0 radical (unpaired) electrons. The lowest BCUT2D eigenvalue weighted by Crippen LogP contribution is -2.43. The van der Waals surface area contributed by atoms with Gasteiger partial charge in [0.25, 0.3) is 0 Å². The summed E-state index contributed by atoms with van der Waals surface area (Å²) in [5.41, 5.74) is 7.62. The maximum Gasteiger partial charge on any atom is 0.343 e. The van der Waals surface area contributed by atoms with E-state index in [0.717, 1.165) is 4.90 Å². The normalized spacial score (nSPS) is 13.6. The molecule has 0 spiro atoms. The highest BCUT2D eigenvalue weighted by molar-refractivity contribution is 5.95. The molecular formula is C25H28N4O8. The molecule has 0 saturated carbocycles. The van der Waals surface area contributed by atoms with Crippen molar-refractivity contribution in [1.82, 2.24) is 4.90 Å². The molecule has 0 unspecified atom stereocenters. The molecule has 1 amide bonds. The fraction of sp³-hybridized carbons (Fsp3) is 0.320. The van der Waals surface area contributed by atoms with E-state index in [9.17, 15) is 24.3 Å². The van der Waals surface area contributed by atoms with Crippen LogP contribution in [0.4, 0.5) is 5.69 Å². The fourth-order valence-corrected chi connectivity index (χ4v) is 3.97. The standard InChI is InChI=1S/C25H28N4O8/c1-29(18(23(33)34)13-21(31)32)20(30)10-7-14-4-2-6-19-22(14)36-11-3-5-15-12-16(28-25(26)27)8-9-17(15)24(35)37-19/h2,4,6,8-9,12,18H,3,5,7,10-11,13H2,1H3,(H,31,32)(H,33,34)(H4,26,27,28)/t18-/m0/s1. The number of rotatable bonds is 8. The molecule has 37 heavy (non-hydrogen) atoms. The number of fused-ring (bicyclic) bond motifs is 2. The molecular weight excluding hydrogens is 484 g/mol. The van der Waals surface area contributed by atoms with Gasteiger partial charge in [0.05, 0.1) is 18.6 Å². The van der Waals surface area contributed by atoms with Crippen molar-refractivity contribution in [2.75, 3.05) is 19.0 Å². The van der Waals surface area contributed by atoms with Crippen molar-refractivity contribution < 1.29 is 38.9 Å². The molecule has 196 valence electrons. The van der Waals surface area contributed by atoms with Gasteiger partial charge in [0.15, 0.2) is 17.5 Å². The van der Waals surface area contributed by atoms with Gasteiger partial charge in [-0.25, -0.2) is 9.59 Å². The molecule has 0 aromatic heterocycles. The number of carbonyl (C=O) groups excluding carboxylic acids is 2. The monoisotopic (exact) mass is 512 g/mol. The number of benzene rings is 2. The second-order valence-corrected chi connectivity index (χ2v) is 8.45. The number of hydrogen-bond donors (Lipinski definition) is 5. The van der Waals surface area contributed by atoms with E-state index in [-0.39, 0.29) is 24.6 Å². The van der Waals surface area contributed by atoms with Gasteiger partial charge in [-0.15, -0.1) is 0 Å². The number of nitrogens with zero attached hydrogens (tertiary/aromatic N) is 1. The summed E-state index contributed by atoms with van der Waals surface area (Å²) in [6.07, 6.45) is 0.390. The van der Waals surface area contributed by atoms with Crippen molar-refractivity contribution >= 4 is 35.5 Å². The van der Waals surface area contributed by atoms with Gasteiger partial charge in [0.1, 0.15) is 6.04 Å². The Morgan fingerprint density at radius 2 is 1.97 bits per heavy atom. The zero-order chi connectivity index (χ0) is 27.1. The molecule has 1 aliphatic heterocycles. The summed E-state index contributed by atoms with van der Waals surface area (Å²) in [7, 11) is 1.25. The minimum Gasteiger partial charge on any atom is -0.489 e. The number of carboxylic acids is 2. The number of esters is 1. The van der Waals surface area contributed by atoms with E-state index in [1.54, 1.807) is 36.4 Å². The summed E-state index contributed by atoms with van der Waals surface area (Å²) in [4.78, 5) is 48.9. The van der Waals surface area contributed by atoms with Gasteiger partial charge in [0.2, 0.25) is 5.91 Å². The Morgan fingerprint density at radius 1 is 1.22 bits per heavy atom. The minimum absolute atomic E-state index is 0.109. The van der Waals surface area contributed by atoms with Gasteiger partial charge < -0.3 is 35.6 Å². The molecule has 0 bridgehead atoms. The molecule has 12 nitrogen and oxygen atoms in total. The van der Waals surface area contributed by atoms with Crippen LogP contribution in [-0.2, 0) is 27.2 Å². The molecule has 0 saturated heterocycles. The minimum atomic E-state index is -1.49. The molecule has 0 fully saturated rings. The number of nitrogens with one attached hydrogen (secondary N) is 2. The topological polar surface area (TPSA) is 192 Å². The first-order valence-electron chi connectivity index (χ1n) is 11.5. The SMILES string of the molecule is CN(C(=O)CCc1cccc2c1OCCCc1cc(NC(=N)N)ccc1C(=O)O2)[C@@H](CC(=O)O)C(=O)O. The third-order valence-corrected chi connectivity index (χ3v) is 5.83. The smallest absolute Gasteiger partial charge is 0.343 e. The van der Waals surface area contributed by atoms with Gasteiger partial charge in [-0.3, -0.25) is 15.0 Å². The van der Waals surface area contributed by atoms with Crippen LogP contribution in [0.2, 0.25) is 0 Å². The number of para-hydroxylation sites is 1. The zero-order valence-electron chi connectivity index (χ0n) is 20.2. The molecule has 1 aliphatic rings. The number of carbonyl (C=O) groups is 4. The third-order valence-electron chi connectivity index (χ3n) is 5.83. The largest absolute Gasteiger partial charge is 0.489 e. The van der Waals surface area contributed by atoms with Crippen LogP contribution >= 0.6 is 0 Å². The lowest BCUT2D eigenvalue weighted by atomic mass is 10.0. The summed E-state index contributed by atoms with van der Waals surface area (Å²) in [5, 5.41) is 28.3. The molecule has 1 atom stereocenters. The number of carboxylic acid groups (broad SMARTS) is 2. The third kappa shape index (κ3) is 6.97. The zero-order valence-corrected chi connectivity index (χ0v) is 20.2. The van der Waals surface area contributed by atoms with Crippen LogP contribution in [0.3, 0.4) is 0 Å². The van der Waals surface area contributed by atoms with Crippen LogP contribution < -0.4 is 20.5 Å². The van der Waals surface area contributed by atoms with E-state index in [1.165, 1.54) is 7.05 Å².